The van der Waals surface area contributed by atoms with Crippen LogP contribution in [0.2, 0.25) is 0 Å². The Morgan fingerprint density at radius 2 is 1.66 bits per heavy atom. The van der Waals surface area contributed by atoms with Crippen LogP contribution in [-0.2, 0) is 19.0 Å². The molecule has 188 valence electrons. The van der Waals surface area contributed by atoms with E-state index in [4.69, 9.17) is 19.9 Å². The van der Waals surface area contributed by atoms with Crippen molar-refractivity contribution >= 4 is 5.97 Å². The van der Waals surface area contributed by atoms with E-state index in [1.54, 1.807) is 13.8 Å². The molecule has 0 radical (unpaired) electrons. The SMILES string of the molecule is CC(C)C[C@](N)(C(=O)O)C(O)[C@@]1(O)O[C@H](CO)[C@@H](OC2O[C@H](CO)[C@H](O)[C@H](O)[C@H]2O)[C@@H]1O. The smallest absolute Gasteiger partial charge is 0.326 e. The number of nitrogens with two attached hydrogens (primary N) is 1. The second-order valence-corrected chi connectivity index (χ2v) is 8.68. The highest BCUT2D eigenvalue weighted by atomic mass is 16.7. The number of aliphatic carboxylic acids is 1. The molecule has 0 spiro atoms. The van der Waals surface area contributed by atoms with Crippen LogP contribution in [0, 0.1) is 5.92 Å². The van der Waals surface area contributed by atoms with E-state index in [1.165, 1.54) is 0 Å². The van der Waals surface area contributed by atoms with Crippen LogP contribution in [0.4, 0.5) is 0 Å². The summed E-state index contributed by atoms with van der Waals surface area (Å²) in [6.45, 7) is 1.59. The molecule has 0 amide bonds. The van der Waals surface area contributed by atoms with Crippen molar-refractivity contribution in [2.24, 2.45) is 11.7 Å². The predicted octanol–water partition coefficient (Wildman–Crippen LogP) is -5.20. The number of hydrogen-bond donors (Lipinski definition) is 10. The standard InChI is InChI=1S/C18H33NO13/c1-6(2)3-17(19,16(27)28)15(26)18(29)13(25)12(8(5-21)32-18)31-14-11(24)10(23)9(22)7(4-20)30-14/h6-15,20-26,29H,3-5,19H2,1-2H3,(H,27,28)/t7-,8-,9+,10+,11-,12-,13+,14?,15?,17-,18+/m1/s1. The molecule has 0 aliphatic carbocycles. The quantitative estimate of drug-likeness (QED) is 0.151. The van der Waals surface area contributed by atoms with E-state index >= 15 is 0 Å². The summed E-state index contributed by atoms with van der Waals surface area (Å²) >= 11 is 0. The maximum atomic E-state index is 11.8. The van der Waals surface area contributed by atoms with Gasteiger partial charge in [-0.3, -0.25) is 4.79 Å². The molecule has 0 bridgehead atoms. The van der Waals surface area contributed by atoms with Crippen molar-refractivity contribution in [1.29, 1.82) is 0 Å². The van der Waals surface area contributed by atoms with Gasteiger partial charge in [0.15, 0.2) is 6.29 Å². The molecule has 2 aliphatic rings. The van der Waals surface area contributed by atoms with Crippen LogP contribution in [0.3, 0.4) is 0 Å². The number of carboxylic acids is 1. The summed E-state index contributed by atoms with van der Waals surface area (Å²) in [6, 6.07) is 0. The van der Waals surface area contributed by atoms with Gasteiger partial charge in [0.25, 0.3) is 0 Å². The summed E-state index contributed by atoms with van der Waals surface area (Å²) < 4.78 is 15.7. The van der Waals surface area contributed by atoms with Crippen LogP contribution < -0.4 is 5.73 Å². The first-order valence-electron chi connectivity index (χ1n) is 10.1. The monoisotopic (exact) mass is 471 g/mol. The molecule has 2 aliphatic heterocycles. The minimum Gasteiger partial charge on any atom is -0.480 e. The van der Waals surface area contributed by atoms with Crippen LogP contribution in [-0.4, -0.2) is 132 Å². The van der Waals surface area contributed by atoms with Gasteiger partial charge in [-0.25, -0.2) is 0 Å². The minimum atomic E-state index is -3.01. The lowest BCUT2D eigenvalue weighted by atomic mass is 9.79. The molecule has 14 nitrogen and oxygen atoms in total. The van der Waals surface area contributed by atoms with E-state index in [2.05, 4.69) is 0 Å². The highest BCUT2D eigenvalue weighted by Crippen LogP contribution is 2.39. The Morgan fingerprint density at radius 3 is 2.12 bits per heavy atom. The lowest BCUT2D eigenvalue weighted by Gasteiger charge is -2.42. The van der Waals surface area contributed by atoms with Crippen molar-refractivity contribution in [2.75, 3.05) is 13.2 Å². The number of carbonyl (C=O) groups is 1. The number of aliphatic hydroxyl groups excluding tert-OH is 7. The molecule has 2 unspecified atom stereocenters. The Balaban J connectivity index is 2.31. The number of ether oxygens (including phenoxy) is 3. The van der Waals surface area contributed by atoms with Gasteiger partial charge in [-0.05, 0) is 12.3 Å². The molecular formula is C18H33NO13. The summed E-state index contributed by atoms with van der Waals surface area (Å²) in [7, 11) is 0. The summed E-state index contributed by atoms with van der Waals surface area (Å²) in [5.74, 6) is -5.03. The van der Waals surface area contributed by atoms with E-state index in [1.807, 2.05) is 0 Å². The summed E-state index contributed by atoms with van der Waals surface area (Å²) in [4.78, 5) is 11.8. The average molecular weight is 471 g/mol. The van der Waals surface area contributed by atoms with Gasteiger partial charge in [-0.1, -0.05) is 13.8 Å². The van der Waals surface area contributed by atoms with E-state index in [9.17, 15) is 50.8 Å². The molecule has 0 saturated carbocycles. The topological polar surface area (TPSA) is 253 Å². The normalized spacial score (nSPS) is 43.2. The molecule has 32 heavy (non-hydrogen) atoms. The molecule has 2 rings (SSSR count). The van der Waals surface area contributed by atoms with Crippen molar-refractivity contribution in [1.82, 2.24) is 0 Å². The molecule has 2 fully saturated rings. The van der Waals surface area contributed by atoms with E-state index in [0.717, 1.165) is 0 Å². The van der Waals surface area contributed by atoms with Crippen molar-refractivity contribution in [3.63, 3.8) is 0 Å². The highest BCUT2D eigenvalue weighted by Gasteiger charge is 2.65. The van der Waals surface area contributed by atoms with Crippen LogP contribution in [0.15, 0.2) is 0 Å². The van der Waals surface area contributed by atoms with Crippen LogP contribution in [0.1, 0.15) is 20.3 Å². The summed E-state index contributed by atoms with van der Waals surface area (Å²) in [5, 5.41) is 90.6. The minimum absolute atomic E-state index is 0.316. The number of carboxylic acid groups (broad SMARTS) is 1. The summed E-state index contributed by atoms with van der Waals surface area (Å²) in [6.07, 6.45) is -16.6. The fraction of sp³-hybridized carbons (Fsp3) is 0.944. The molecule has 11 N–H and O–H groups in total. The average Bonchev–Trinajstić information content (AvgIpc) is 2.98. The lowest BCUT2D eigenvalue weighted by molar-refractivity contribution is -0.320. The Bertz CT molecular complexity index is 650. The van der Waals surface area contributed by atoms with Crippen molar-refractivity contribution in [3.05, 3.63) is 0 Å². The maximum Gasteiger partial charge on any atom is 0.326 e. The molecule has 11 atom stereocenters. The third-order valence-electron chi connectivity index (χ3n) is 5.79. The number of aliphatic hydroxyl groups is 8. The second-order valence-electron chi connectivity index (χ2n) is 8.68. The lowest BCUT2D eigenvalue weighted by Crippen LogP contribution is -2.69. The fourth-order valence-corrected chi connectivity index (χ4v) is 4.04. The van der Waals surface area contributed by atoms with E-state index < -0.39 is 85.6 Å². The van der Waals surface area contributed by atoms with Gasteiger partial charge in [0, 0.05) is 0 Å². The predicted molar refractivity (Wildman–Crippen MR) is 102 cm³/mol. The summed E-state index contributed by atoms with van der Waals surface area (Å²) in [5.41, 5.74) is 3.41. The first kappa shape index (κ1) is 27.2. The highest BCUT2D eigenvalue weighted by molar-refractivity contribution is 5.79. The second kappa shape index (κ2) is 10.1. The third kappa shape index (κ3) is 4.77. The van der Waals surface area contributed by atoms with Crippen LogP contribution in [0.25, 0.3) is 0 Å². The molecule has 0 aromatic rings. The van der Waals surface area contributed by atoms with E-state index in [-0.39, 0.29) is 12.3 Å². The Hall–Kier alpha value is -1.01. The van der Waals surface area contributed by atoms with Crippen molar-refractivity contribution in [3.8, 4) is 0 Å². The zero-order valence-electron chi connectivity index (χ0n) is 17.6. The Kier molecular flexibility index (Phi) is 8.58. The third-order valence-corrected chi connectivity index (χ3v) is 5.79. The van der Waals surface area contributed by atoms with Gasteiger partial charge in [0.2, 0.25) is 5.79 Å². The van der Waals surface area contributed by atoms with Gasteiger partial charge >= 0.3 is 5.97 Å². The van der Waals surface area contributed by atoms with Gasteiger partial charge < -0.3 is 65.9 Å². The molecular weight excluding hydrogens is 438 g/mol. The molecule has 0 aromatic heterocycles. The van der Waals surface area contributed by atoms with Gasteiger partial charge in [-0.15, -0.1) is 0 Å². The molecule has 0 aromatic carbocycles. The Labute approximate surface area is 183 Å². The van der Waals surface area contributed by atoms with E-state index in [0.29, 0.717) is 0 Å². The first-order chi connectivity index (χ1) is 14.7. The van der Waals surface area contributed by atoms with Gasteiger partial charge in [0.05, 0.1) is 13.2 Å². The molecule has 14 heteroatoms. The van der Waals surface area contributed by atoms with Gasteiger partial charge in [-0.2, -0.15) is 0 Å². The first-order valence-corrected chi connectivity index (χ1v) is 10.1. The molecule has 2 saturated heterocycles. The number of hydrogen-bond acceptors (Lipinski definition) is 13. The zero-order valence-corrected chi connectivity index (χ0v) is 17.6. The Morgan fingerprint density at radius 1 is 1.09 bits per heavy atom. The number of rotatable bonds is 9. The maximum absolute atomic E-state index is 11.8. The van der Waals surface area contributed by atoms with Crippen LogP contribution >= 0.6 is 0 Å². The van der Waals surface area contributed by atoms with Crippen molar-refractivity contribution in [2.45, 2.75) is 86.7 Å². The zero-order chi connectivity index (χ0) is 24.6. The largest absolute Gasteiger partial charge is 0.480 e. The van der Waals surface area contributed by atoms with Crippen molar-refractivity contribution < 1.29 is 65.0 Å². The van der Waals surface area contributed by atoms with Gasteiger partial charge in [0.1, 0.15) is 54.4 Å². The van der Waals surface area contributed by atoms with Crippen LogP contribution in [0.5, 0.6) is 0 Å². The fourth-order valence-electron chi connectivity index (χ4n) is 4.04. The molecule has 2 heterocycles.